The zero-order valence-electron chi connectivity index (χ0n) is 6.86. The fourth-order valence-corrected chi connectivity index (χ4v) is 1.63. The van der Waals surface area contributed by atoms with Crippen molar-refractivity contribution < 1.29 is 9.84 Å². The highest BCUT2D eigenvalue weighted by Gasteiger charge is 2.21. The number of hydrogen-bond donors (Lipinski definition) is 1. The molecule has 1 aliphatic heterocycles. The lowest BCUT2D eigenvalue weighted by Gasteiger charge is -2.23. The summed E-state index contributed by atoms with van der Waals surface area (Å²) in [6, 6.07) is 0. The average molecular weight is 164 g/mol. The molecule has 0 aromatic heterocycles. The van der Waals surface area contributed by atoms with Gasteiger partial charge in [0.1, 0.15) is 0 Å². The summed E-state index contributed by atoms with van der Waals surface area (Å²) in [7, 11) is 0. The van der Waals surface area contributed by atoms with E-state index in [9.17, 15) is 0 Å². The van der Waals surface area contributed by atoms with Crippen molar-refractivity contribution in [1.29, 1.82) is 0 Å². The highest BCUT2D eigenvalue weighted by Crippen LogP contribution is 2.28. The van der Waals surface area contributed by atoms with E-state index in [1.807, 2.05) is 6.08 Å². The predicted molar refractivity (Wildman–Crippen MR) is 46.7 cm³/mol. The van der Waals surface area contributed by atoms with Gasteiger partial charge in [-0.2, -0.15) is 0 Å². The minimum absolute atomic E-state index is 0.102. The molecule has 12 heavy (non-hydrogen) atoms. The third-order valence-corrected chi connectivity index (χ3v) is 2.22. The minimum Gasteiger partial charge on any atom is -0.396 e. The zero-order chi connectivity index (χ0) is 8.39. The molecular weight excluding hydrogens is 152 g/mol. The topological polar surface area (TPSA) is 29.5 Å². The van der Waals surface area contributed by atoms with E-state index < -0.39 is 0 Å². The van der Waals surface area contributed by atoms with Crippen molar-refractivity contribution in [1.82, 2.24) is 0 Å². The summed E-state index contributed by atoms with van der Waals surface area (Å²) in [5.41, 5.74) is 2.48. The number of aliphatic hydroxyl groups excluding tert-OH is 1. The highest BCUT2D eigenvalue weighted by molar-refractivity contribution is 5.51. The molecule has 1 atom stereocenters. The maximum Gasteiger partial charge on any atom is 0.0856 e. The van der Waals surface area contributed by atoms with E-state index in [1.54, 1.807) is 0 Å². The van der Waals surface area contributed by atoms with Crippen LogP contribution in [0.25, 0.3) is 0 Å². The Hall–Kier alpha value is -0.860. The molecule has 0 amide bonds. The van der Waals surface area contributed by atoms with Gasteiger partial charge in [-0.15, -0.1) is 0 Å². The number of hydrogen-bond acceptors (Lipinski definition) is 2. The molecule has 1 heterocycles. The summed E-state index contributed by atoms with van der Waals surface area (Å²) >= 11 is 0. The van der Waals surface area contributed by atoms with Gasteiger partial charge >= 0.3 is 0 Å². The van der Waals surface area contributed by atoms with Crippen LogP contribution in [0.4, 0.5) is 0 Å². The largest absolute Gasteiger partial charge is 0.396 e. The van der Waals surface area contributed by atoms with Crippen LogP contribution in [0.5, 0.6) is 0 Å². The minimum atomic E-state index is 0.102. The second kappa shape index (κ2) is 3.25. The molecule has 2 aliphatic rings. The summed E-state index contributed by atoms with van der Waals surface area (Å²) in [5, 5.41) is 8.79. The van der Waals surface area contributed by atoms with Gasteiger partial charge in [-0.05, 0) is 11.1 Å². The smallest absolute Gasteiger partial charge is 0.0856 e. The van der Waals surface area contributed by atoms with Gasteiger partial charge < -0.3 is 9.84 Å². The van der Waals surface area contributed by atoms with Gasteiger partial charge in [0.2, 0.25) is 0 Å². The zero-order valence-corrected chi connectivity index (χ0v) is 6.86. The molecule has 2 heteroatoms. The Kier molecular flexibility index (Phi) is 2.11. The highest BCUT2D eigenvalue weighted by atomic mass is 16.5. The molecule has 0 aromatic carbocycles. The first-order valence-corrected chi connectivity index (χ1v) is 4.23. The van der Waals surface area contributed by atoms with Gasteiger partial charge in [-0.3, -0.25) is 0 Å². The summed E-state index contributed by atoms with van der Waals surface area (Å²) < 4.78 is 5.49. The molecule has 2 rings (SSSR count). The van der Waals surface area contributed by atoms with Gasteiger partial charge in [-0.1, -0.05) is 24.3 Å². The lowest BCUT2D eigenvalue weighted by atomic mass is 9.99. The Morgan fingerprint density at radius 3 is 3.33 bits per heavy atom. The van der Waals surface area contributed by atoms with Crippen molar-refractivity contribution in [2.45, 2.75) is 12.5 Å². The third kappa shape index (κ3) is 1.24. The van der Waals surface area contributed by atoms with E-state index in [1.165, 1.54) is 11.1 Å². The van der Waals surface area contributed by atoms with Crippen molar-refractivity contribution in [3.8, 4) is 0 Å². The van der Waals surface area contributed by atoms with E-state index in [0.29, 0.717) is 13.0 Å². The molecule has 64 valence electrons. The van der Waals surface area contributed by atoms with Crippen molar-refractivity contribution in [3.05, 3.63) is 35.5 Å². The second-order valence-corrected chi connectivity index (χ2v) is 2.97. The summed E-state index contributed by atoms with van der Waals surface area (Å²) in [5.74, 6) is 0. The van der Waals surface area contributed by atoms with E-state index >= 15 is 0 Å². The molecule has 0 aromatic rings. The number of ether oxygens (including phenoxy) is 1. The van der Waals surface area contributed by atoms with Crippen LogP contribution in [0.3, 0.4) is 0 Å². The van der Waals surface area contributed by atoms with Gasteiger partial charge in [-0.25, -0.2) is 0 Å². The standard InChI is InChI=1S/C10H12O2/c11-6-4-10-9-3-1-2-8(9)5-7-12-10/h1-3,5,10-11H,4,6-7H2. The Morgan fingerprint density at radius 2 is 2.50 bits per heavy atom. The van der Waals surface area contributed by atoms with Crippen LogP contribution in [0.15, 0.2) is 35.5 Å². The summed E-state index contributed by atoms with van der Waals surface area (Å²) in [4.78, 5) is 0. The number of allylic oxidation sites excluding steroid dienone is 3. The van der Waals surface area contributed by atoms with E-state index in [0.717, 1.165) is 0 Å². The van der Waals surface area contributed by atoms with Crippen LogP contribution in [0.1, 0.15) is 6.42 Å². The molecule has 0 bridgehead atoms. The molecule has 0 saturated heterocycles. The van der Waals surface area contributed by atoms with Gasteiger partial charge in [0, 0.05) is 13.0 Å². The van der Waals surface area contributed by atoms with Crippen molar-refractivity contribution >= 4 is 0 Å². The van der Waals surface area contributed by atoms with Gasteiger partial charge in [0.05, 0.1) is 12.7 Å². The molecule has 2 nitrogen and oxygen atoms in total. The Labute approximate surface area is 71.9 Å². The van der Waals surface area contributed by atoms with Crippen LogP contribution in [-0.2, 0) is 4.74 Å². The lowest BCUT2D eigenvalue weighted by molar-refractivity contribution is 0.0742. The quantitative estimate of drug-likeness (QED) is 0.664. The second-order valence-electron chi connectivity index (χ2n) is 2.97. The molecule has 1 aliphatic carbocycles. The van der Waals surface area contributed by atoms with E-state index in [4.69, 9.17) is 9.84 Å². The number of rotatable bonds is 2. The molecule has 1 N–H and O–H groups in total. The van der Waals surface area contributed by atoms with Crippen LogP contribution >= 0.6 is 0 Å². The first-order valence-electron chi connectivity index (χ1n) is 4.23. The lowest BCUT2D eigenvalue weighted by Crippen LogP contribution is -2.21. The van der Waals surface area contributed by atoms with E-state index in [2.05, 4.69) is 18.2 Å². The molecule has 0 spiro atoms. The summed E-state index contributed by atoms with van der Waals surface area (Å²) in [6.45, 7) is 0.858. The predicted octanol–water partition coefficient (Wildman–Crippen LogP) is 1.19. The Bertz CT molecular complexity index is 261. The first-order chi connectivity index (χ1) is 5.92. The van der Waals surface area contributed by atoms with E-state index in [-0.39, 0.29) is 12.7 Å². The Balaban J connectivity index is 2.16. The van der Waals surface area contributed by atoms with Gasteiger partial charge in [0.15, 0.2) is 0 Å². The van der Waals surface area contributed by atoms with Crippen molar-refractivity contribution in [2.75, 3.05) is 13.2 Å². The maximum absolute atomic E-state index is 8.79. The third-order valence-electron chi connectivity index (χ3n) is 2.22. The van der Waals surface area contributed by atoms with Crippen molar-refractivity contribution in [3.63, 3.8) is 0 Å². The SMILES string of the molecule is OCCC1OCC=C2C=CC=C21. The number of aliphatic hydroxyl groups is 1. The number of fused-ring (bicyclic) bond motifs is 1. The normalized spacial score (nSPS) is 26.6. The average Bonchev–Trinajstić information content (AvgIpc) is 2.53. The Morgan fingerprint density at radius 1 is 1.58 bits per heavy atom. The van der Waals surface area contributed by atoms with Crippen molar-refractivity contribution in [2.24, 2.45) is 0 Å². The molecule has 1 unspecified atom stereocenters. The molecular formula is C10H12O2. The van der Waals surface area contributed by atoms with Gasteiger partial charge in [0.25, 0.3) is 0 Å². The fraction of sp³-hybridized carbons (Fsp3) is 0.400. The van der Waals surface area contributed by atoms with Crippen LogP contribution in [-0.4, -0.2) is 24.4 Å². The van der Waals surface area contributed by atoms with Crippen LogP contribution in [0.2, 0.25) is 0 Å². The maximum atomic E-state index is 8.79. The molecule has 0 saturated carbocycles. The first kappa shape index (κ1) is 7.77. The molecule has 0 fully saturated rings. The molecule has 0 radical (unpaired) electrons. The van der Waals surface area contributed by atoms with Crippen LogP contribution < -0.4 is 0 Å². The van der Waals surface area contributed by atoms with Crippen LogP contribution in [0, 0.1) is 0 Å². The fourth-order valence-electron chi connectivity index (χ4n) is 1.63. The summed E-state index contributed by atoms with van der Waals surface area (Å²) in [6.07, 6.45) is 9.05. The monoisotopic (exact) mass is 164 g/mol.